The van der Waals surface area contributed by atoms with Gasteiger partial charge in [-0.25, -0.2) is 4.79 Å². The summed E-state index contributed by atoms with van der Waals surface area (Å²) in [5, 5.41) is 14.1. The van der Waals surface area contributed by atoms with Gasteiger partial charge in [-0.05, 0) is 68.2 Å². The number of benzene rings is 1. The number of fused-ring (bicyclic) bond motifs is 1. The molecule has 5 heteroatoms. The Morgan fingerprint density at radius 2 is 2.20 bits per heavy atom. The maximum Gasteiger partial charge on any atom is 0.322 e. The molecule has 0 aromatic heterocycles. The summed E-state index contributed by atoms with van der Waals surface area (Å²) in [4.78, 5) is 14.9. The molecule has 2 amide bonds. The number of nitrogens with one attached hydrogen (secondary N) is 1. The Morgan fingerprint density at radius 3 is 2.88 bits per heavy atom. The van der Waals surface area contributed by atoms with E-state index >= 15 is 0 Å². The van der Waals surface area contributed by atoms with Crippen LogP contribution in [0.15, 0.2) is 18.2 Å². The molecule has 3 saturated carbocycles. The molecule has 4 nitrogen and oxygen atoms in total. The minimum atomic E-state index is -0.696. The van der Waals surface area contributed by atoms with Gasteiger partial charge >= 0.3 is 6.03 Å². The summed E-state index contributed by atoms with van der Waals surface area (Å²) in [5.74, 6) is 2.30. The van der Waals surface area contributed by atoms with Crippen LogP contribution in [-0.2, 0) is 0 Å². The lowest BCUT2D eigenvalue weighted by molar-refractivity contribution is -0.0405. The van der Waals surface area contributed by atoms with E-state index in [1.54, 1.807) is 0 Å². The fourth-order valence-electron chi connectivity index (χ4n) is 5.69. The van der Waals surface area contributed by atoms with E-state index in [4.69, 9.17) is 11.6 Å². The molecule has 1 aromatic carbocycles. The molecule has 1 aromatic rings. The molecule has 1 aliphatic heterocycles. The Labute approximate surface area is 153 Å². The first-order valence-electron chi connectivity index (χ1n) is 9.48. The van der Waals surface area contributed by atoms with Crippen LogP contribution in [0.25, 0.3) is 0 Å². The van der Waals surface area contributed by atoms with Gasteiger partial charge in [-0.1, -0.05) is 18.5 Å². The van der Waals surface area contributed by atoms with Crippen molar-refractivity contribution in [1.82, 2.24) is 4.90 Å². The normalized spacial score (nSPS) is 43.6. The van der Waals surface area contributed by atoms with Gasteiger partial charge in [-0.3, -0.25) is 0 Å². The summed E-state index contributed by atoms with van der Waals surface area (Å²) >= 11 is 6.35. The van der Waals surface area contributed by atoms with E-state index in [9.17, 15) is 9.90 Å². The SMILES string of the molecule is CC1CC2C3C(C1)N(C(=O)Nc1ccc(Cl)c([C@@H]4CC[C@]4(C)O)c1)C23. The highest BCUT2D eigenvalue weighted by atomic mass is 35.5. The van der Waals surface area contributed by atoms with Gasteiger partial charge in [0.1, 0.15) is 0 Å². The molecule has 3 aliphatic carbocycles. The fraction of sp³-hybridized carbons (Fsp3) is 0.650. The number of urea groups is 1. The predicted octanol–water partition coefficient (Wildman–Crippen LogP) is 4.23. The highest BCUT2D eigenvalue weighted by Crippen LogP contribution is 2.64. The van der Waals surface area contributed by atoms with Gasteiger partial charge in [0.25, 0.3) is 0 Å². The number of hydrogen-bond acceptors (Lipinski definition) is 2. The third kappa shape index (κ3) is 2.26. The highest BCUT2D eigenvalue weighted by Gasteiger charge is 2.71. The van der Waals surface area contributed by atoms with Gasteiger partial charge in [-0.2, -0.15) is 0 Å². The molecule has 0 spiro atoms. The molecular weight excluding hydrogens is 336 g/mol. The summed E-state index contributed by atoms with van der Waals surface area (Å²) in [5.41, 5.74) is 1.02. The summed E-state index contributed by atoms with van der Waals surface area (Å²) in [6.07, 6.45) is 4.14. The van der Waals surface area contributed by atoms with Crippen LogP contribution in [0.2, 0.25) is 5.02 Å². The van der Waals surface area contributed by atoms with E-state index in [2.05, 4.69) is 17.1 Å². The highest BCUT2D eigenvalue weighted by molar-refractivity contribution is 6.31. The van der Waals surface area contributed by atoms with Gasteiger partial charge < -0.3 is 15.3 Å². The maximum atomic E-state index is 12.8. The molecule has 2 N–H and O–H groups in total. The zero-order valence-corrected chi connectivity index (χ0v) is 15.5. The molecule has 134 valence electrons. The molecule has 7 atom stereocenters. The molecule has 0 bridgehead atoms. The van der Waals surface area contributed by atoms with Crippen molar-refractivity contribution in [3.63, 3.8) is 0 Å². The van der Waals surface area contributed by atoms with Crippen LogP contribution in [0, 0.1) is 17.8 Å². The van der Waals surface area contributed by atoms with Gasteiger partial charge in [0.15, 0.2) is 0 Å². The van der Waals surface area contributed by atoms with Crippen LogP contribution in [0.5, 0.6) is 0 Å². The average molecular weight is 361 g/mol. The second-order valence-corrected chi connectivity index (χ2v) is 9.31. The second kappa shape index (κ2) is 5.14. The number of aliphatic hydroxyl groups is 1. The molecule has 1 saturated heterocycles. The Bertz CT molecular complexity index is 749. The molecule has 1 heterocycles. The van der Waals surface area contributed by atoms with Crippen LogP contribution in [0.4, 0.5) is 10.5 Å². The fourth-order valence-corrected chi connectivity index (χ4v) is 5.94. The van der Waals surface area contributed by atoms with Crippen molar-refractivity contribution in [2.75, 3.05) is 5.32 Å². The number of anilines is 1. The summed E-state index contributed by atoms with van der Waals surface area (Å²) in [6.45, 7) is 4.16. The van der Waals surface area contributed by atoms with E-state index in [1.165, 1.54) is 6.42 Å². The van der Waals surface area contributed by atoms with Gasteiger partial charge in [0.05, 0.1) is 5.60 Å². The second-order valence-electron chi connectivity index (χ2n) is 8.90. The van der Waals surface area contributed by atoms with Gasteiger partial charge in [0, 0.05) is 34.6 Å². The standard InChI is InChI=1S/C20H25ClN2O2/c1-10-7-13-17-16(8-10)23(18(13)17)19(24)22-11-3-4-15(21)12(9-11)14-5-6-20(14,2)25/h3-4,9-10,13-14,16-18,25H,5-8H2,1-2H3,(H,22,24)/t10?,13?,14-,16?,17?,18?,20-/m0/s1. The largest absolute Gasteiger partial charge is 0.390 e. The average Bonchev–Trinajstić information content (AvgIpc) is 3.19. The van der Waals surface area contributed by atoms with E-state index in [0.29, 0.717) is 17.1 Å². The number of carbonyl (C=O) groups excluding carboxylic acids is 1. The predicted molar refractivity (Wildman–Crippen MR) is 97.9 cm³/mol. The van der Waals surface area contributed by atoms with Crippen LogP contribution in [-0.4, -0.2) is 33.7 Å². The monoisotopic (exact) mass is 360 g/mol. The number of carbonyl (C=O) groups is 1. The lowest BCUT2D eigenvalue weighted by atomic mass is 9.67. The Hall–Kier alpha value is -1.26. The molecule has 25 heavy (non-hydrogen) atoms. The topological polar surface area (TPSA) is 52.6 Å². The number of amides is 2. The summed E-state index contributed by atoms with van der Waals surface area (Å²) < 4.78 is 0. The number of nitrogens with zero attached hydrogens (tertiary/aromatic N) is 1. The molecule has 5 rings (SSSR count). The minimum absolute atomic E-state index is 0.0245. The quantitative estimate of drug-likeness (QED) is 0.829. The Balaban J connectivity index is 1.33. The van der Waals surface area contributed by atoms with Crippen molar-refractivity contribution in [2.45, 2.75) is 63.1 Å². The van der Waals surface area contributed by atoms with Crippen molar-refractivity contribution in [3.8, 4) is 0 Å². The van der Waals surface area contributed by atoms with Crippen molar-refractivity contribution < 1.29 is 9.90 Å². The van der Waals surface area contributed by atoms with Crippen molar-refractivity contribution >= 4 is 23.3 Å². The number of halogens is 1. The van der Waals surface area contributed by atoms with Gasteiger partial charge in [-0.15, -0.1) is 0 Å². The number of hydrogen-bond donors (Lipinski definition) is 2. The number of likely N-dealkylation sites (tertiary alicyclic amines) is 1. The first-order valence-corrected chi connectivity index (χ1v) is 9.86. The smallest absolute Gasteiger partial charge is 0.322 e. The Morgan fingerprint density at radius 1 is 1.40 bits per heavy atom. The van der Waals surface area contributed by atoms with Crippen LogP contribution >= 0.6 is 11.6 Å². The third-order valence-corrected chi connectivity index (χ3v) is 7.52. The van der Waals surface area contributed by atoms with Crippen LogP contribution in [0.1, 0.15) is 51.0 Å². The minimum Gasteiger partial charge on any atom is -0.390 e. The molecule has 4 aliphatic rings. The number of rotatable bonds is 2. The van der Waals surface area contributed by atoms with E-state index in [-0.39, 0.29) is 11.9 Å². The zero-order valence-electron chi connectivity index (χ0n) is 14.7. The van der Waals surface area contributed by atoms with Crippen LogP contribution in [0.3, 0.4) is 0 Å². The maximum absolute atomic E-state index is 12.8. The van der Waals surface area contributed by atoms with Crippen molar-refractivity contribution in [1.29, 1.82) is 0 Å². The lowest BCUT2D eigenvalue weighted by Crippen LogP contribution is -2.54. The van der Waals surface area contributed by atoms with E-state index in [0.717, 1.165) is 48.3 Å². The third-order valence-electron chi connectivity index (χ3n) is 7.17. The first-order chi connectivity index (χ1) is 11.9. The van der Waals surface area contributed by atoms with E-state index < -0.39 is 5.60 Å². The van der Waals surface area contributed by atoms with E-state index in [1.807, 2.05) is 25.1 Å². The zero-order chi connectivity index (χ0) is 17.5. The van der Waals surface area contributed by atoms with Crippen molar-refractivity contribution in [3.05, 3.63) is 28.8 Å². The molecule has 4 fully saturated rings. The Kier molecular flexibility index (Phi) is 3.28. The lowest BCUT2D eigenvalue weighted by Gasteiger charge is -2.43. The molecule has 5 unspecified atom stereocenters. The summed E-state index contributed by atoms with van der Waals surface area (Å²) in [7, 11) is 0. The van der Waals surface area contributed by atoms with Crippen molar-refractivity contribution in [2.24, 2.45) is 17.8 Å². The van der Waals surface area contributed by atoms with Crippen LogP contribution < -0.4 is 5.32 Å². The molecule has 0 radical (unpaired) electrons. The first kappa shape index (κ1) is 16.0. The molecular formula is C20H25ClN2O2. The summed E-state index contributed by atoms with van der Waals surface area (Å²) in [6, 6.07) is 6.58. The van der Waals surface area contributed by atoms with Gasteiger partial charge in [0.2, 0.25) is 0 Å².